The summed E-state index contributed by atoms with van der Waals surface area (Å²) in [6, 6.07) is 1.42. The third kappa shape index (κ3) is 3.91. The quantitative estimate of drug-likeness (QED) is 0.781. The predicted molar refractivity (Wildman–Crippen MR) is 81.5 cm³/mol. The van der Waals surface area contributed by atoms with Crippen molar-refractivity contribution in [3.63, 3.8) is 0 Å². The Hall–Kier alpha value is -2.16. The molecule has 0 aromatic carbocycles. The molecule has 3 N–H and O–H groups in total. The van der Waals surface area contributed by atoms with Gasteiger partial charge in [-0.25, -0.2) is 4.98 Å². The number of aromatic amines is 1. The van der Waals surface area contributed by atoms with Crippen LogP contribution in [0.25, 0.3) is 0 Å². The Labute approximate surface area is 126 Å². The SMILES string of the molecule is CCN(CC)c1nc(N)nc(Sc2nc(C)cc(=O)[nH]2)n1. The fourth-order valence-electron chi connectivity index (χ4n) is 1.74. The van der Waals surface area contributed by atoms with E-state index in [0.29, 0.717) is 22.0 Å². The van der Waals surface area contributed by atoms with Crippen LogP contribution in [-0.4, -0.2) is 38.0 Å². The predicted octanol–water partition coefficient (Wildman–Crippen LogP) is 0.843. The molecule has 0 radical (unpaired) electrons. The molecule has 2 heterocycles. The van der Waals surface area contributed by atoms with Crippen LogP contribution in [0.1, 0.15) is 19.5 Å². The van der Waals surface area contributed by atoms with Crippen LogP contribution in [0.15, 0.2) is 21.2 Å². The number of nitrogens with one attached hydrogen (secondary N) is 1. The van der Waals surface area contributed by atoms with E-state index in [-0.39, 0.29) is 11.5 Å². The molecule has 0 saturated carbocycles. The number of nitrogens with two attached hydrogens (primary N) is 1. The monoisotopic (exact) mass is 307 g/mol. The second kappa shape index (κ2) is 6.53. The molecule has 0 amide bonds. The van der Waals surface area contributed by atoms with Gasteiger partial charge in [0.1, 0.15) is 0 Å². The Morgan fingerprint density at radius 1 is 1.24 bits per heavy atom. The van der Waals surface area contributed by atoms with E-state index in [4.69, 9.17) is 5.73 Å². The van der Waals surface area contributed by atoms with E-state index in [9.17, 15) is 4.79 Å². The summed E-state index contributed by atoms with van der Waals surface area (Å²) in [4.78, 5) is 32.8. The van der Waals surface area contributed by atoms with Gasteiger partial charge in [0.15, 0.2) is 5.16 Å². The van der Waals surface area contributed by atoms with Gasteiger partial charge in [0, 0.05) is 24.8 Å². The standard InChI is InChI=1S/C12H17N7OS/c1-4-19(5-2)10-16-9(13)17-12(18-10)21-11-14-7(3)6-8(20)15-11/h6H,4-5H2,1-3H3,(H,14,15,20)(H2,13,16,17,18). The van der Waals surface area contributed by atoms with Crippen LogP contribution in [-0.2, 0) is 0 Å². The summed E-state index contributed by atoms with van der Waals surface area (Å²) >= 11 is 1.15. The summed E-state index contributed by atoms with van der Waals surface area (Å²) in [6.07, 6.45) is 0. The first-order chi connectivity index (χ1) is 10.0. The molecule has 2 aromatic rings. The highest BCUT2D eigenvalue weighted by molar-refractivity contribution is 7.99. The van der Waals surface area contributed by atoms with E-state index < -0.39 is 0 Å². The van der Waals surface area contributed by atoms with Gasteiger partial charge in [-0.2, -0.15) is 15.0 Å². The van der Waals surface area contributed by atoms with Gasteiger partial charge in [0.2, 0.25) is 17.1 Å². The van der Waals surface area contributed by atoms with E-state index in [1.165, 1.54) is 6.07 Å². The molecule has 0 fully saturated rings. The van der Waals surface area contributed by atoms with Gasteiger partial charge in [-0.15, -0.1) is 0 Å². The summed E-state index contributed by atoms with van der Waals surface area (Å²) in [5.41, 5.74) is 6.15. The van der Waals surface area contributed by atoms with Crippen LogP contribution in [0.2, 0.25) is 0 Å². The number of hydrogen-bond acceptors (Lipinski definition) is 8. The van der Waals surface area contributed by atoms with Crippen LogP contribution in [0, 0.1) is 6.92 Å². The van der Waals surface area contributed by atoms with Crippen molar-refractivity contribution >= 4 is 23.7 Å². The minimum absolute atomic E-state index is 0.143. The molecular formula is C12H17N7OS. The van der Waals surface area contributed by atoms with Crippen molar-refractivity contribution < 1.29 is 0 Å². The number of aryl methyl sites for hydroxylation is 1. The zero-order valence-electron chi connectivity index (χ0n) is 12.1. The smallest absolute Gasteiger partial charge is 0.251 e. The minimum atomic E-state index is -0.212. The lowest BCUT2D eigenvalue weighted by atomic mass is 10.5. The van der Waals surface area contributed by atoms with Gasteiger partial charge in [-0.3, -0.25) is 4.79 Å². The van der Waals surface area contributed by atoms with Crippen LogP contribution >= 0.6 is 11.8 Å². The van der Waals surface area contributed by atoms with E-state index in [2.05, 4.69) is 24.9 Å². The molecule has 0 aliphatic carbocycles. The number of hydrogen-bond donors (Lipinski definition) is 2. The van der Waals surface area contributed by atoms with E-state index in [1.54, 1.807) is 6.92 Å². The van der Waals surface area contributed by atoms with Crippen molar-refractivity contribution in [3.8, 4) is 0 Å². The maximum absolute atomic E-state index is 11.4. The number of anilines is 2. The largest absolute Gasteiger partial charge is 0.368 e. The highest BCUT2D eigenvalue weighted by Gasteiger charge is 2.12. The van der Waals surface area contributed by atoms with Crippen molar-refractivity contribution in [2.45, 2.75) is 31.1 Å². The molecule has 0 unspecified atom stereocenters. The maximum atomic E-state index is 11.4. The van der Waals surface area contributed by atoms with Gasteiger partial charge in [-0.05, 0) is 32.5 Å². The van der Waals surface area contributed by atoms with E-state index in [1.807, 2.05) is 18.7 Å². The Morgan fingerprint density at radius 2 is 1.95 bits per heavy atom. The molecule has 9 heteroatoms. The number of rotatable bonds is 5. The first kappa shape index (κ1) is 15.2. The van der Waals surface area contributed by atoms with Crippen molar-refractivity contribution in [1.82, 2.24) is 24.9 Å². The topological polar surface area (TPSA) is 114 Å². The summed E-state index contributed by atoms with van der Waals surface area (Å²) in [6.45, 7) is 7.31. The fraction of sp³-hybridized carbons (Fsp3) is 0.417. The lowest BCUT2D eigenvalue weighted by molar-refractivity contribution is 0.784. The average molecular weight is 307 g/mol. The second-order valence-corrected chi connectivity index (χ2v) is 5.20. The second-order valence-electron chi connectivity index (χ2n) is 4.24. The van der Waals surface area contributed by atoms with Gasteiger partial charge in [0.25, 0.3) is 5.56 Å². The van der Waals surface area contributed by atoms with E-state index >= 15 is 0 Å². The zero-order valence-corrected chi connectivity index (χ0v) is 12.9. The van der Waals surface area contributed by atoms with Crippen LogP contribution in [0.3, 0.4) is 0 Å². The fourth-order valence-corrected chi connectivity index (χ4v) is 2.52. The van der Waals surface area contributed by atoms with Crippen LogP contribution in [0.5, 0.6) is 0 Å². The number of nitrogen functional groups attached to an aromatic ring is 1. The molecule has 0 spiro atoms. The molecule has 8 nitrogen and oxygen atoms in total. The zero-order chi connectivity index (χ0) is 15.4. The molecule has 21 heavy (non-hydrogen) atoms. The Morgan fingerprint density at radius 3 is 2.57 bits per heavy atom. The normalized spacial score (nSPS) is 10.6. The van der Waals surface area contributed by atoms with Gasteiger partial charge in [0.05, 0.1) is 0 Å². The number of aromatic nitrogens is 5. The maximum Gasteiger partial charge on any atom is 0.251 e. The third-order valence-electron chi connectivity index (χ3n) is 2.70. The molecule has 2 aromatic heterocycles. The summed E-state index contributed by atoms with van der Waals surface area (Å²) < 4.78 is 0. The molecule has 0 saturated heterocycles. The molecule has 2 rings (SSSR count). The first-order valence-electron chi connectivity index (χ1n) is 6.54. The molecule has 0 atom stereocenters. The molecular weight excluding hydrogens is 290 g/mol. The Balaban J connectivity index is 2.33. The Kier molecular flexibility index (Phi) is 4.73. The third-order valence-corrected chi connectivity index (χ3v) is 3.45. The van der Waals surface area contributed by atoms with Crippen LogP contribution < -0.4 is 16.2 Å². The van der Waals surface area contributed by atoms with Gasteiger partial charge < -0.3 is 15.6 Å². The lowest BCUT2D eigenvalue weighted by Crippen LogP contribution is -2.25. The van der Waals surface area contributed by atoms with Gasteiger partial charge >= 0.3 is 0 Å². The van der Waals surface area contributed by atoms with Gasteiger partial charge in [-0.1, -0.05) is 0 Å². The highest BCUT2D eigenvalue weighted by Crippen LogP contribution is 2.22. The first-order valence-corrected chi connectivity index (χ1v) is 7.35. The average Bonchev–Trinajstić information content (AvgIpc) is 2.38. The number of H-pyrrole nitrogens is 1. The van der Waals surface area contributed by atoms with Crippen molar-refractivity contribution in [2.24, 2.45) is 0 Å². The Bertz CT molecular complexity index is 684. The van der Waals surface area contributed by atoms with Crippen molar-refractivity contribution in [2.75, 3.05) is 23.7 Å². The summed E-state index contributed by atoms with van der Waals surface area (Å²) in [5, 5.41) is 0.828. The summed E-state index contributed by atoms with van der Waals surface area (Å²) in [5.74, 6) is 0.661. The minimum Gasteiger partial charge on any atom is -0.368 e. The molecule has 0 bridgehead atoms. The molecule has 112 valence electrons. The number of nitrogens with zero attached hydrogens (tertiary/aromatic N) is 5. The van der Waals surface area contributed by atoms with Crippen molar-refractivity contribution in [1.29, 1.82) is 0 Å². The van der Waals surface area contributed by atoms with E-state index in [0.717, 1.165) is 24.9 Å². The molecule has 0 aliphatic rings. The van der Waals surface area contributed by atoms with Crippen LogP contribution in [0.4, 0.5) is 11.9 Å². The van der Waals surface area contributed by atoms with Crippen molar-refractivity contribution in [3.05, 3.63) is 22.1 Å². The molecule has 0 aliphatic heterocycles. The summed E-state index contributed by atoms with van der Waals surface area (Å²) in [7, 11) is 0. The highest BCUT2D eigenvalue weighted by atomic mass is 32.2. The lowest BCUT2D eigenvalue weighted by Gasteiger charge is -2.18.